The second-order valence-corrected chi connectivity index (χ2v) is 6.11. The third kappa shape index (κ3) is 6.53. The number of unbranched alkanes of at least 4 members (excludes halogenated alkanes) is 1. The zero-order valence-electron chi connectivity index (χ0n) is 15.6. The van der Waals surface area contributed by atoms with Crippen molar-refractivity contribution >= 4 is 5.97 Å². The summed E-state index contributed by atoms with van der Waals surface area (Å²) in [6.45, 7) is 0.604. The number of hydrogen-bond acceptors (Lipinski definition) is 6. The van der Waals surface area contributed by atoms with E-state index in [2.05, 4.69) is 15.0 Å². The molecule has 0 bridgehead atoms. The van der Waals surface area contributed by atoms with Gasteiger partial charge in [-0.2, -0.15) is 0 Å². The predicted octanol–water partition coefficient (Wildman–Crippen LogP) is 2.73. The lowest BCUT2D eigenvalue weighted by Gasteiger charge is -2.07. The highest BCUT2D eigenvalue weighted by Crippen LogP contribution is 2.28. The lowest BCUT2D eigenvalue weighted by molar-refractivity contribution is -0.138. The molecule has 7 nitrogen and oxygen atoms in total. The van der Waals surface area contributed by atoms with E-state index in [9.17, 15) is 4.79 Å². The van der Waals surface area contributed by atoms with E-state index in [0.29, 0.717) is 13.0 Å². The van der Waals surface area contributed by atoms with Crippen LogP contribution in [0.5, 0.6) is 0 Å². The summed E-state index contributed by atoms with van der Waals surface area (Å²) in [7, 11) is 0. The average molecular weight is 379 g/mol. The summed E-state index contributed by atoms with van der Waals surface area (Å²) in [4.78, 5) is 22.9. The van der Waals surface area contributed by atoms with Crippen LogP contribution in [0.25, 0.3) is 22.4 Å². The molecule has 1 unspecified atom stereocenters. The fraction of sp³-hybridized carbons (Fsp3) is 0.238. The summed E-state index contributed by atoms with van der Waals surface area (Å²) in [6.07, 6.45) is 11.2. The van der Waals surface area contributed by atoms with Crippen LogP contribution >= 0.6 is 0 Å². The lowest BCUT2D eigenvalue weighted by atomic mass is 10.0. The molecule has 5 N–H and O–H groups in total. The quantitative estimate of drug-likeness (QED) is 0.538. The van der Waals surface area contributed by atoms with Gasteiger partial charge in [-0.3, -0.25) is 19.7 Å². The van der Waals surface area contributed by atoms with Gasteiger partial charge in [0.25, 0.3) is 0 Å². The van der Waals surface area contributed by atoms with Crippen LogP contribution in [0, 0.1) is 0 Å². The molecule has 0 aliphatic rings. The van der Waals surface area contributed by atoms with Crippen molar-refractivity contribution in [1.29, 1.82) is 0 Å². The Hall–Kier alpha value is -3.16. The SMILES string of the molecule is NCCCCC(N)C(=O)O.c1cncc(-c2cccnc2-c2cccnc2)c1. The van der Waals surface area contributed by atoms with Crippen LogP contribution in [0.15, 0.2) is 67.4 Å². The van der Waals surface area contributed by atoms with Crippen LogP contribution in [0.4, 0.5) is 0 Å². The molecule has 3 aromatic heterocycles. The Morgan fingerprint density at radius 3 is 2.18 bits per heavy atom. The van der Waals surface area contributed by atoms with Gasteiger partial charge in [-0.1, -0.05) is 18.6 Å². The van der Waals surface area contributed by atoms with E-state index in [1.807, 2.05) is 48.8 Å². The molecule has 3 rings (SSSR count). The van der Waals surface area contributed by atoms with Crippen molar-refractivity contribution in [3.05, 3.63) is 67.4 Å². The first-order valence-corrected chi connectivity index (χ1v) is 9.07. The van der Waals surface area contributed by atoms with Gasteiger partial charge in [0.15, 0.2) is 0 Å². The van der Waals surface area contributed by atoms with Gasteiger partial charge in [-0.05, 0) is 43.7 Å². The van der Waals surface area contributed by atoms with Crippen LogP contribution in [0.1, 0.15) is 19.3 Å². The molecule has 0 radical (unpaired) electrons. The molecule has 0 spiro atoms. The zero-order valence-corrected chi connectivity index (χ0v) is 15.6. The molecular formula is C21H25N5O2. The van der Waals surface area contributed by atoms with Crippen LogP contribution in [0.3, 0.4) is 0 Å². The summed E-state index contributed by atoms with van der Waals surface area (Å²) in [5.74, 6) is -0.933. The minimum atomic E-state index is -0.933. The van der Waals surface area contributed by atoms with E-state index in [1.54, 1.807) is 18.6 Å². The first kappa shape index (κ1) is 21.1. The molecule has 0 aromatic carbocycles. The first-order valence-electron chi connectivity index (χ1n) is 9.07. The van der Waals surface area contributed by atoms with E-state index in [0.717, 1.165) is 35.2 Å². The van der Waals surface area contributed by atoms with Crippen LogP contribution in [-0.4, -0.2) is 38.6 Å². The molecule has 0 aliphatic heterocycles. The molecule has 1 atom stereocenters. The third-order valence-electron chi connectivity index (χ3n) is 4.00. The second kappa shape index (κ2) is 11.5. The maximum absolute atomic E-state index is 10.1. The standard InChI is InChI=1S/C15H11N3.C6H14N2O2/c1-4-12(10-16-7-1)14-6-3-9-18-15(14)13-5-2-8-17-11-13;7-4-2-1-3-5(8)6(9)10/h1-11H;5H,1-4,7-8H2,(H,9,10). The van der Waals surface area contributed by atoms with E-state index in [1.165, 1.54) is 0 Å². The molecule has 0 amide bonds. The zero-order chi connectivity index (χ0) is 20.2. The van der Waals surface area contributed by atoms with Gasteiger partial charge >= 0.3 is 5.97 Å². The summed E-state index contributed by atoms with van der Waals surface area (Å²) in [5.41, 5.74) is 14.5. The molecule has 3 heterocycles. The lowest BCUT2D eigenvalue weighted by Crippen LogP contribution is -2.29. The highest BCUT2D eigenvalue weighted by atomic mass is 16.4. The smallest absolute Gasteiger partial charge is 0.320 e. The number of rotatable bonds is 7. The maximum Gasteiger partial charge on any atom is 0.320 e. The highest BCUT2D eigenvalue weighted by Gasteiger charge is 2.09. The van der Waals surface area contributed by atoms with Crippen molar-refractivity contribution in [2.24, 2.45) is 11.5 Å². The molecular weight excluding hydrogens is 354 g/mol. The maximum atomic E-state index is 10.1. The van der Waals surface area contributed by atoms with Gasteiger partial charge < -0.3 is 16.6 Å². The Balaban J connectivity index is 0.000000242. The van der Waals surface area contributed by atoms with Gasteiger partial charge in [0.2, 0.25) is 0 Å². The largest absolute Gasteiger partial charge is 0.480 e. The minimum Gasteiger partial charge on any atom is -0.480 e. The topological polar surface area (TPSA) is 128 Å². The number of pyridine rings is 3. The van der Waals surface area contributed by atoms with Crippen molar-refractivity contribution in [1.82, 2.24) is 15.0 Å². The molecule has 0 fully saturated rings. The third-order valence-corrected chi connectivity index (χ3v) is 4.00. The molecule has 28 heavy (non-hydrogen) atoms. The molecule has 3 aromatic rings. The normalized spacial score (nSPS) is 11.2. The fourth-order valence-corrected chi connectivity index (χ4v) is 2.53. The number of carboxylic acids is 1. The van der Waals surface area contributed by atoms with Crippen molar-refractivity contribution in [2.45, 2.75) is 25.3 Å². The van der Waals surface area contributed by atoms with E-state index < -0.39 is 12.0 Å². The Kier molecular flexibility index (Phi) is 8.71. The van der Waals surface area contributed by atoms with E-state index >= 15 is 0 Å². The Morgan fingerprint density at radius 1 is 0.964 bits per heavy atom. The van der Waals surface area contributed by atoms with Crippen LogP contribution in [-0.2, 0) is 4.79 Å². The van der Waals surface area contributed by atoms with Gasteiger partial charge in [0, 0.05) is 47.7 Å². The van der Waals surface area contributed by atoms with Gasteiger partial charge in [-0.15, -0.1) is 0 Å². The van der Waals surface area contributed by atoms with Crippen molar-refractivity contribution in [3.8, 4) is 22.4 Å². The Labute approximate surface area is 164 Å². The van der Waals surface area contributed by atoms with E-state index in [-0.39, 0.29) is 0 Å². The van der Waals surface area contributed by atoms with Crippen molar-refractivity contribution in [3.63, 3.8) is 0 Å². The number of hydrogen-bond donors (Lipinski definition) is 3. The summed E-state index contributed by atoms with van der Waals surface area (Å²) < 4.78 is 0. The van der Waals surface area contributed by atoms with Gasteiger partial charge in [-0.25, -0.2) is 0 Å². The number of aromatic nitrogens is 3. The predicted molar refractivity (Wildman–Crippen MR) is 109 cm³/mol. The molecule has 0 saturated carbocycles. The van der Waals surface area contributed by atoms with E-state index in [4.69, 9.17) is 16.6 Å². The van der Waals surface area contributed by atoms with Crippen LogP contribution in [0.2, 0.25) is 0 Å². The van der Waals surface area contributed by atoms with Gasteiger partial charge in [0.1, 0.15) is 6.04 Å². The summed E-state index contributed by atoms with van der Waals surface area (Å²) in [6, 6.07) is 11.1. The molecule has 7 heteroatoms. The van der Waals surface area contributed by atoms with Gasteiger partial charge in [0.05, 0.1) is 5.69 Å². The first-order chi connectivity index (χ1) is 13.6. The highest BCUT2D eigenvalue weighted by molar-refractivity contribution is 5.79. The summed E-state index contributed by atoms with van der Waals surface area (Å²) in [5, 5.41) is 8.33. The number of nitrogens with zero attached hydrogens (tertiary/aromatic N) is 3. The van der Waals surface area contributed by atoms with Crippen molar-refractivity contribution in [2.75, 3.05) is 6.54 Å². The number of carbonyl (C=O) groups is 1. The number of carboxylic acid groups (broad SMARTS) is 1. The molecule has 146 valence electrons. The van der Waals surface area contributed by atoms with Crippen molar-refractivity contribution < 1.29 is 9.90 Å². The summed E-state index contributed by atoms with van der Waals surface area (Å²) >= 11 is 0. The Bertz CT molecular complexity index is 785. The fourth-order valence-electron chi connectivity index (χ4n) is 2.53. The average Bonchev–Trinajstić information content (AvgIpc) is 2.75. The second-order valence-electron chi connectivity index (χ2n) is 6.11. The number of aliphatic carboxylic acids is 1. The number of nitrogens with two attached hydrogens (primary N) is 2. The molecule has 0 aliphatic carbocycles. The van der Waals surface area contributed by atoms with Crippen LogP contribution < -0.4 is 11.5 Å². The minimum absolute atomic E-state index is 0.520. The Morgan fingerprint density at radius 2 is 1.61 bits per heavy atom. The monoisotopic (exact) mass is 379 g/mol. The molecule has 0 saturated heterocycles.